The molecule has 4 nitrogen and oxygen atoms in total. The van der Waals surface area contributed by atoms with E-state index in [4.69, 9.17) is 32.7 Å². The molecule has 0 heterocycles. The topological polar surface area (TPSA) is 47.6 Å². The molecule has 0 aliphatic heterocycles. The summed E-state index contributed by atoms with van der Waals surface area (Å²) in [6.07, 6.45) is 0.791. The van der Waals surface area contributed by atoms with Gasteiger partial charge in [0.1, 0.15) is 11.5 Å². The van der Waals surface area contributed by atoms with Crippen LogP contribution in [0, 0.1) is 0 Å². The SMILES string of the molecule is COC(=O)Cc1cc(Cc2cccc(Oc3ccccc3)c2)ccc1Nc1c(Cl)cccc1Cl. The summed E-state index contributed by atoms with van der Waals surface area (Å²) >= 11 is 12.7. The van der Waals surface area contributed by atoms with Crippen molar-refractivity contribution in [3.05, 3.63) is 118 Å². The summed E-state index contributed by atoms with van der Waals surface area (Å²) in [5, 5.41) is 4.27. The van der Waals surface area contributed by atoms with Crippen molar-refractivity contribution < 1.29 is 14.3 Å². The summed E-state index contributed by atoms with van der Waals surface area (Å²) in [6, 6.07) is 28.9. The van der Waals surface area contributed by atoms with E-state index in [1.807, 2.05) is 72.8 Å². The first-order chi connectivity index (χ1) is 16.5. The average molecular weight is 492 g/mol. The summed E-state index contributed by atoms with van der Waals surface area (Å²) in [7, 11) is 1.38. The lowest BCUT2D eigenvalue weighted by Gasteiger charge is -2.16. The summed E-state index contributed by atoms with van der Waals surface area (Å²) in [4.78, 5) is 12.1. The number of esters is 1. The Balaban J connectivity index is 1.58. The molecular weight excluding hydrogens is 469 g/mol. The third-order valence-electron chi connectivity index (χ3n) is 5.24. The highest BCUT2D eigenvalue weighted by atomic mass is 35.5. The van der Waals surface area contributed by atoms with Gasteiger partial charge in [0.05, 0.1) is 29.3 Å². The second kappa shape index (κ2) is 11.1. The van der Waals surface area contributed by atoms with Gasteiger partial charge in [-0.05, 0) is 65.6 Å². The third kappa shape index (κ3) is 6.10. The molecule has 0 fully saturated rings. The minimum absolute atomic E-state index is 0.117. The highest BCUT2D eigenvalue weighted by molar-refractivity contribution is 6.39. The second-order valence-electron chi connectivity index (χ2n) is 7.71. The zero-order chi connectivity index (χ0) is 23.9. The van der Waals surface area contributed by atoms with E-state index in [0.29, 0.717) is 22.2 Å². The fourth-order valence-corrected chi connectivity index (χ4v) is 4.08. The Kier molecular flexibility index (Phi) is 7.73. The maximum Gasteiger partial charge on any atom is 0.310 e. The van der Waals surface area contributed by atoms with E-state index in [9.17, 15) is 4.79 Å². The van der Waals surface area contributed by atoms with Crippen LogP contribution in [-0.4, -0.2) is 13.1 Å². The Morgan fingerprint density at radius 3 is 2.21 bits per heavy atom. The van der Waals surface area contributed by atoms with Gasteiger partial charge in [0.15, 0.2) is 0 Å². The molecule has 4 aromatic carbocycles. The van der Waals surface area contributed by atoms with Gasteiger partial charge in [-0.25, -0.2) is 0 Å². The van der Waals surface area contributed by atoms with E-state index in [-0.39, 0.29) is 12.4 Å². The minimum atomic E-state index is -0.330. The average Bonchev–Trinajstić information content (AvgIpc) is 2.83. The van der Waals surface area contributed by atoms with E-state index >= 15 is 0 Å². The molecule has 0 bridgehead atoms. The molecule has 1 N–H and O–H groups in total. The Bertz CT molecular complexity index is 1270. The molecule has 0 unspecified atom stereocenters. The third-order valence-corrected chi connectivity index (χ3v) is 5.87. The van der Waals surface area contributed by atoms with Crippen LogP contribution in [-0.2, 0) is 22.4 Å². The van der Waals surface area contributed by atoms with Crippen LogP contribution in [0.2, 0.25) is 10.0 Å². The van der Waals surface area contributed by atoms with Crippen LogP contribution in [0.25, 0.3) is 0 Å². The summed E-state index contributed by atoms with van der Waals surface area (Å²) in [6.45, 7) is 0. The molecule has 4 aromatic rings. The lowest BCUT2D eigenvalue weighted by atomic mass is 9.99. The summed E-state index contributed by atoms with van der Waals surface area (Å²) < 4.78 is 10.9. The molecule has 0 radical (unpaired) electrons. The number of nitrogens with one attached hydrogen (secondary N) is 1. The fourth-order valence-electron chi connectivity index (χ4n) is 3.58. The van der Waals surface area contributed by atoms with Crippen molar-refractivity contribution in [2.75, 3.05) is 12.4 Å². The molecule has 172 valence electrons. The van der Waals surface area contributed by atoms with Crippen LogP contribution < -0.4 is 10.1 Å². The molecule has 0 atom stereocenters. The maximum absolute atomic E-state index is 12.1. The van der Waals surface area contributed by atoms with Gasteiger partial charge in [-0.3, -0.25) is 4.79 Å². The molecule has 0 saturated heterocycles. The smallest absolute Gasteiger partial charge is 0.310 e. The number of halogens is 2. The van der Waals surface area contributed by atoms with Crippen LogP contribution in [0.15, 0.2) is 91.0 Å². The number of ether oxygens (including phenoxy) is 2. The van der Waals surface area contributed by atoms with Gasteiger partial charge in [-0.15, -0.1) is 0 Å². The highest BCUT2D eigenvalue weighted by Crippen LogP contribution is 2.34. The van der Waals surface area contributed by atoms with Gasteiger partial charge in [0, 0.05) is 5.69 Å². The quantitative estimate of drug-likeness (QED) is 0.255. The van der Waals surface area contributed by atoms with Gasteiger partial charge >= 0.3 is 5.97 Å². The van der Waals surface area contributed by atoms with Crippen LogP contribution in [0.3, 0.4) is 0 Å². The molecule has 34 heavy (non-hydrogen) atoms. The van der Waals surface area contributed by atoms with Crippen molar-refractivity contribution in [3.8, 4) is 11.5 Å². The number of hydrogen-bond donors (Lipinski definition) is 1. The predicted molar refractivity (Wildman–Crippen MR) is 138 cm³/mol. The molecule has 0 saturated carbocycles. The molecule has 4 rings (SSSR count). The Morgan fingerprint density at radius 1 is 0.794 bits per heavy atom. The molecule has 0 amide bonds. The van der Waals surface area contributed by atoms with Crippen molar-refractivity contribution in [2.45, 2.75) is 12.8 Å². The number of carbonyl (C=O) groups is 1. The van der Waals surface area contributed by atoms with Crippen molar-refractivity contribution in [1.29, 1.82) is 0 Å². The number of rotatable bonds is 8. The molecule has 0 aromatic heterocycles. The lowest BCUT2D eigenvalue weighted by Crippen LogP contribution is -2.08. The number of para-hydroxylation sites is 2. The van der Waals surface area contributed by atoms with Crippen molar-refractivity contribution in [1.82, 2.24) is 0 Å². The number of hydrogen-bond acceptors (Lipinski definition) is 4. The zero-order valence-corrected chi connectivity index (χ0v) is 20.1. The van der Waals surface area contributed by atoms with Gasteiger partial charge < -0.3 is 14.8 Å². The maximum atomic E-state index is 12.1. The van der Waals surface area contributed by atoms with E-state index in [0.717, 1.165) is 33.9 Å². The lowest BCUT2D eigenvalue weighted by molar-refractivity contribution is -0.139. The van der Waals surface area contributed by atoms with E-state index < -0.39 is 0 Å². The van der Waals surface area contributed by atoms with Crippen molar-refractivity contribution >= 4 is 40.5 Å². The van der Waals surface area contributed by atoms with Crippen LogP contribution in [0.1, 0.15) is 16.7 Å². The zero-order valence-electron chi connectivity index (χ0n) is 18.6. The summed E-state index contributed by atoms with van der Waals surface area (Å²) in [5.41, 5.74) is 4.26. The monoisotopic (exact) mass is 491 g/mol. The highest BCUT2D eigenvalue weighted by Gasteiger charge is 2.13. The van der Waals surface area contributed by atoms with Crippen LogP contribution in [0.4, 0.5) is 11.4 Å². The van der Waals surface area contributed by atoms with E-state index in [1.165, 1.54) is 7.11 Å². The van der Waals surface area contributed by atoms with Gasteiger partial charge in [0.25, 0.3) is 0 Å². The Morgan fingerprint density at radius 2 is 1.47 bits per heavy atom. The number of benzene rings is 4. The molecule has 0 aliphatic carbocycles. The first kappa shape index (κ1) is 23.7. The normalized spacial score (nSPS) is 10.6. The van der Waals surface area contributed by atoms with Crippen LogP contribution in [0.5, 0.6) is 11.5 Å². The Labute approximate surface area is 209 Å². The molecule has 0 aliphatic rings. The summed E-state index contributed by atoms with van der Waals surface area (Å²) in [5.74, 6) is 1.22. The largest absolute Gasteiger partial charge is 0.469 e. The van der Waals surface area contributed by atoms with Gasteiger partial charge in [-0.1, -0.05) is 71.7 Å². The number of carbonyl (C=O) groups excluding carboxylic acids is 1. The minimum Gasteiger partial charge on any atom is -0.469 e. The molecule has 0 spiro atoms. The number of methoxy groups -OCH3 is 1. The van der Waals surface area contributed by atoms with Crippen molar-refractivity contribution in [2.24, 2.45) is 0 Å². The first-order valence-corrected chi connectivity index (χ1v) is 11.5. The Hall–Kier alpha value is -3.47. The first-order valence-electron chi connectivity index (χ1n) is 10.7. The van der Waals surface area contributed by atoms with E-state index in [2.05, 4.69) is 5.32 Å². The molecule has 6 heteroatoms. The fraction of sp³-hybridized carbons (Fsp3) is 0.107. The van der Waals surface area contributed by atoms with E-state index in [1.54, 1.807) is 18.2 Å². The van der Waals surface area contributed by atoms with Gasteiger partial charge in [0.2, 0.25) is 0 Å². The van der Waals surface area contributed by atoms with Crippen LogP contribution >= 0.6 is 23.2 Å². The van der Waals surface area contributed by atoms with Crippen molar-refractivity contribution in [3.63, 3.8) is 0 Å². The second-order valence-corrected chi connectivity index (χ2v) is 8.52. The number of anilines is 2. The standard InChI is InChI=1S/C28H23Cl2NO3/c1-33-27(32)18-21-16-20(13-14-26(21)31-28-24(29)11-6-12-25(28)30)15-19-7-5-10-23(17-19)34-22-8-3-2-4-9-22/h2-14,16-17,31H,15,18H2,1H3. The predicted octanol–water partition coefficient (Wildman–Crippen LogP) is 7.84. The molecular formula is C28H23Cl2NO3. The van der Waals surface area contributed by atoms with Gasteiger partial charge in [-0.2, -0.15) is 0 Å².